The molecule has 2 fully saturated rings. The first-order valence-corrected chi connectivity index (χ1v) is 7.95. The number of hydrogen-bond donors (Lipinski definition) is 0. The van der Waals surface area contributed by atoms with Gasteiger partial charge in [-0.15, -0.1) is 4.20 Å². The summed E-state index contributed by atoms with van der Waals surface area (Å²) >= 11 is 0. The Morgan fingerprint density at radius 3 is 2.95 bits per heavy atom. The molecule has 0 amide bonds. The van der Waals surface area contributed by atoms with E-state index in [9.17, 15) is 8.76 Å². The Morgan fingerprint density at radius 1 is 1.37 bits per heavy atom. The van der Waals surface area contributed by atoms with Gasteiger partial charge in [0.2, 0.25) is 0 Å². The fourth-order valence-electron chi connectivity index (χ4n) is 2.70. The number of fused-ring (bicyclic) bond motifs is 1. The van der Waals surface area contributed by atoms with Crippen LogP contribution in [0.3, 0.4) is 0 Å². The third kappa shape index (κ3) is 3.23. The molecule has 2 saturated heterocycles. The lowest BCUT2D eigenvalue weighted by Crippen LogP contribution is -2.47. The van der Waals surface area contributed by atoms with Gasteiger partial charge in [-0.1, -0.05) is 30.3 Å². The Bertz CT molecular complexity index is 484. The molecule has 0 bridgehead atoms. The first-order chi connectivity index (χ1) is 9.12. The van der Waals surface area contributed by atoms with Crippen LogP contribution in [0.5, 0.6) is 0 Å². The summed E-state index contributed by atoms with van der Waals surface area (Å²) < 4.78 is 34.1. The molecule has 1 aromatic carbocycles. The summed E-state index contributed by atoms with van der Waals surface area (Å²) in [4.78, 5) is 2.21. The molecular formula is C13H17FNO3P. The summed E-state index contributed by atoms with van der Waals surface area (Å²) in [6, 6.07) is 10.1. The summed E-state index contributed by atoms with van der Waals surface area (Å²) in [5.74, 6) is 0.157. The maximum atomic E-state index is 13.3. The molecule has 0 spiro atoms. The van der Waals surface area contributed by atoms with Crippen molar-refractivity contribution in [2.45, 2.75) is 19.1 Å². The largest absolute Gasteiger partial charge is 0.513 e. The van der Waals surface area contributed by atoms with Gasteiger partial charge in [0.05, 0.1) is 12.7 Å². The van der Waals surface area contributed by atoms with Crippen LogP contribution in [0.1, 0.15) is 12.0 Å². The van der Waals surface area contributed by atoms with Gasteiger partial charge in [-0.2, -0.15) is 0 Å². The van der Waals surface area contributed by atoms with Crippen LogP contribution >= 0.6 is 7.91 Å². The zero-order valence-corrected chi connectivity index (χ0v) is 11.5. The lowest BCUT2D eigenvalue weighted by atomic mass is 9.94. The molecule has 1 aromatic rings. The van der Waals surface area contributed by atoms with E-state index in [4.69, 9.17) is 4.52 Å². The molecule has 2 aliphatic heterocycles. The molecule has 0 N–H and O–H groups in total. The van der Waals surface area contributed by atoms with Crippen molar-refractivity contribution in [3.63, 3.8) is 0 Å². The molecule has 0 aliphatic carbocycles. The van der Waals surface area contributed by atoms with Crippen LogP contribution in [0.2, 0.25) is 0 Å². The smallest absolute Gasteiger partial charge is 0.296 e. The fraction of sp³-hybridized carbons (Fsp3) is 0.538. The number of nitrogens with zero attached hydrogens (tertiary/aromatic N) is 1. The normalized spacial score (nSPS) is 35.8. The maximum absolute atomic E-state index is 13.3. The second-order valence-corrected chi connectivity index (χ2v) is 6.47. The first kappa shape index (κ1) is 13.3. The SMILES string of the molecule is O=[P@@]1(F)OC[C@@H]2CCN(Cc3ccccc3)C[C@@H]2O1. The minimum absolute atomic E-state index is 0.157. The Morgan fingerprint density at radius 2 is 2.16 bits per heavy atom. The molecule has 0 saturated carbocycles. The van der Waals surface area contributed by atoms with Crippen molar-refractivity contribution in [1.82, 2.24) is 4.90 Å². The van der Waals surface area contributed by atoms with Crippen LogP contribution in [0.25, 0.3) is 0 Å². The average molecular weight is 285 g/mol. The number of benzene rings is 1. The zero-order chi connectivity index (χ0) is 13.3. The van der Waals surface area contributed by atoms with Crippen molar-refractivity contribution in [3.8, 4) is 0 Å². The molecule has 0 unspecified atom stereocenters. The van der Waals surface area contributed by atoms with Gasteiger partial charge in [-0.25, -0.2) is 4.57 Å². The molecule has 2 heterocycles. The molecule has 0 aromatic heterocycles. The van der Waals surface area contributed by atoms with Gasteiger partial charge in [0, 0.05) is 19.0 Å². The van der Waals surface area contributed by atoms with E-state index < -0.39 is 7.91 Å². The third-order valence-corrected chi connectivity index (χ3v) is 4.71. The summed E-state index contributed by atoms with van der Waals surface area (Å²) in [7, 11) is -4.31. The highest BCUT2D eigenvalue weighted by molar-refractivity contribution is 7.48. The monoisotopic (exact) mass is 285 g/mol. The maximum Gasteiger partial charge on any atom is 0.513 e. The summed E-state index contributed by atoms with van der Waals surface area (Å²) in [6.07, 6.45) is 0.569. The number of rotatable bonds is 2. The molecule has 3 atom stereocenters. The van der Waals surface area contributed by atoms with Crippen molar-refractivity contribution in [1.29, 1.82) is 0 Å². The van der Waals surface area contributed by atoms with E-state index in [-0.39, 0.29) is 18.6 Å². The Labute approximate surface area is 112 Å². The summed E-state index contributed by atoms with van der Waals surface area (Å²) in [5.41, 5.74) is 1.22. The molecule has 4 nitrogen and oxygen atoms in total. The van der Waals surface area contributed by atoms with Crippen molar-refractivity contribution in [3.05, 3.63) is 35.9 Å². The van der Waals surface area contributed by atoms with Gasteiger partial charge in [-0.3, -0.25) is 13.9 Å². The van der Waals surface area contributed by atoms with E-state index in [1.807, 2.05) is 18.2 Å². The van der Waals surface area contributed by atoms with Crippen molar-refractivity contribution < 1.29 is 17.8 Å². The minimum atomic E-state index is -4.31. The quantitative estimate of drug-likeness (QED) is 0.783. The van der Waals surface area contributed by atoms with Gasteiger partial charge >= 0.3 is 7.91 Å². The van der Waals surface area contributed by atoms with E-state index in [0.29, 0.717) is 6.54 Å². The lowest BCUT2D eigenvalue weighted by molar-refractivity contribution is -0.0378. The van der Waals surface area contributed by atoms with Crippen LogP contribution in [-0.2, 0) is 20.2 Å². The van der Waals surface area contributed by atoms with Gasteiger partial charge in [0.1, 0.15) is 0 Å². The molecule has 3 rings (SSSR count). The molecular weight excluding hydrogens is 268 g/mol. The highest BCUT2D eigenvalue weighted by atomic mass is 31.2. The Kier molecular flexibility index (Phi) is 3.72. The van der Waals surface area contributed by atoms with E-state index >= 15 is 0 Å². The van der Waals surface area contributed by atoms with Crippen LogP contribution in [-0.4, -0.2) is 30.7 Å². The van der Waals surface area contributed by atoms with Crippen LogP contribution in [0.4, 0.5) is 4.20 Å². The van der Waals surface area contributed by atoms with Crippen LogP contribution in [0.15, 0.2) is 30.3 Å². The van der Waals surface area contributed by atoms with Gasteiger partial charge in [-0.05, 0) is 18.5 Å². The summed E-state index contributed by atoms with van der Waals surface area (Å²) in [5, 5.41) is 0. The number of hydrogen-bond acceptors (Lipinski definition) is 4. The summed E-state index contributed by atoms with van der Waals surface area (Å²) in [6.45, 7) is 2.55. The van der Waals surface area contributed by atoms with Crippen molar-refractivity contribution in [2.75, 3.05) is 19.7 Å². The second-order valence-electron chi connectivity index (χ2n) is 5.14. The second kappa shape index (κ2) is 5.33. The predicted molar refractivity (Wildman–Crippen MR) is 69.4 cm³/mol. The highest BCUT2D eigenvalue weighted by Gasteiger charge is 2.42. The molecule has 6 heteroatoms. The minimum Gasteiger partial charge on any atom is -0.296 e. The van der Waals surface area contributed by atoms with E-state index in [1.165, 1.54) is 5.56 Å². The number of likely N-dealkylation sites (tertiary alicyclic amines) is 1. The zero-order valence-electron chi connectivity index (χ0n) is 10.6. The van der Waals surface area contributed by atoms with Crippen molar-refractivity contribution in [2.24, 2.45) is 5.92 Å². The van der Waals surface area contributed by atoms with Crippen molar-refractivity contribution >= 4 is 7.91 Å². The molecule has 2 aliphatic rings. The predicted octanol–water partition coefficient (Wildman–Crippen LogP) is 3.00. The lowest BCUT2D eigenvalue weighted by Gasteiger charge is -2.40. The molecule has 0 radical (unpaired) electrons. The highest BCUT2D eigenvalue weighted by Crippen LogP contribution is 2.55. The number of piperidine rings is 1. The van der Waals surface area contributed by atoms with Gasteiger partial charge < -0.3 is 0 Å². The first-order valence-electron chi connectivity index (χ1n) is 6.51. The third-order valence-electron chi connectivity index (χ3n) is 3.73. The van der Waals surface area contributed by atoms with E-state index in [1.54, 1.807) is 0 Å². The van der Waals surface area contributed by atoms with Crippen LogP contribution < -0.4 is 0 Å². The standard InChI is InChI=1S/C13H17FNO3P/c14-19(16)17-10-12-6-7-15(9-13(12)18-19)8-11-4-2-1-3-5-11/h1-5,12-13H,6-10H2/t12-,13-,19-/m0/s1. The molecule has 19 heavy (non-hydrogen) atoms. The Hall–Kier alpha value is -0.740. The van der Waals surface area contributed by atoms with E-state index in [2.05, 4.69) is 21.6 Å². The van der Waals surface area contributed by atoms with Gasteiger partial charge in [0.15, 0.2) is 0 Å². The average Bonchev–Trinajstić information content (AvgIpc) is 2.38. The fourth-order valence-corrected chi connectivity index (χ4v) is 3.69. The molecule has 104 valence electrons. The van der Waals surface area contributed by atoms with Crippen LogP contribution in [0, 0.1) is 5.92 Å². The Balaban J connectivity index is 1.63. The van der Waals surface area contributed by atoms with Gasteiger partial charge in [0.25, 0.3) is 0 Å². The topological polar surface area (TPSA) is 38.8 Å². The van der Waals surface area contributed by atoms with E-state index in [0.717, 1.165) is 19.5 Å². The number of halogens is 1.